The largest absolute Gasteiger partial charge is 0.471 e. The Morgan fingerprint density at radius 1 is 1.20 bits per heavy atom. The van der Waals surface area contributed by atoms with Crippen LogP contribution >= 0.6 is 15.9 Å². The third kappa shape index (κ3) is 4.63. The number of hydrogen-bond donors (Lipinski definition) is 0. The van der Waals surface area contributed by atoms with E-state index in [9.17, 15) is 22.8 Å². The van der Waals surface area contributed by atoms with E-state index in [1.54, 1.807) is 19.1 Å². The maximum absolute atomic E-state index is 12.6. The van der Waals surface area contributed by atoms with Gasteiger partial charge in [0.25, 0.3) is 0 Å². The monoisotopic (exact) mass is 351 g/mol. The molecule has 1 rings (SSSR count). The summed E-state index contributed by atoms with van der Waals surface area (Å²) in [6.45, 7) is 1.49. The Kier molecular flexibility index (Phi) is 5.74. The predicted molar refractivity (Wildman–Crippen MR) is 73.0 cm³/mol. The summed E-state index contributed by atoms with van der Waals surface area (Å²) in [4.78, 5) is 23.2. The van der Waals surface area contributed by atoms with Crippen molar-refractivity contribution in [1.82, 2.24) is 0 Å². The quantitative estimate of drug-likeness (QED) is 0.763. The number of nitrogens with zero attached hydrogens (tertiary/aromatic N) is 1. The van der Waals surface area contributed by atoms with Gasteiger partial charge in [0.2, 0.25) is 0 Å². The predicted octanol–water partition coefficient (Wildman–Crippen LogP) is 3.24. The molecule has 0 N–H and O–H groups in total. The zero-order valence-corrected chi connectivity index (χ0v) is 12.3. The van der Waals surface area contributed by atoms with Crippen molar-refractivity contribution in [1.29, 1.82) is 0 Å². The lowest BCUT2D eigenvalue weighted by Crippen LogP contribution is -2.42. The van der Waals surface area contributed by atoms with Gasteiger partial charge in [0.05, 0.1) is 5.33 Å². The zero-order valence-electron chi connectivity index (χ0n) is 10.7. The lowest BCUT2D eigenvalue weighted by Gasteiger charge is -2.23. The molecule has 0 aliphatic heterocycles. The molecule has 20 heavy (non-hydrogen) atoms. The van der Waals surface area contributed by atoms with Crippen LogP contribution in [0.4, 0.5) is 18.9 Å². The minimum absolute atomic E-state index is 0.0505. The average Bonchev–Trinajstić information content (AvgIpc) is 2.39. The van der Waals surface area contributed by atoms with Crippen LogP contribution in [0.2, 0.25) is 0 Å². The molecule has 110 valence electrons. The van der Waals surface area contributed by atoms with Gasteiger partial charge < -0.3 is 4.90 Å². The Morgan fingerprint density at radius 2 is 1.75 bits per heavy atom. The Bertz CT molecular complexity index is 485. The Morgan fingerprint density at radius 3 is 2.20 bits per heavy atom. The first-order valence-corrected chi connectivity index (χ1v) is 6.91. The van der Waals surface area contributed by atoms with Gasteiger partial charge in [0, 0.05) is 18.7 Å². The number of carbonyl (C=O) groups excluding carboxylic acids is 2. The SMILES string of the molecule is Cc1ccc(N(CCC(=O)CBr)C(=O)C(F)(F)F)cc1. The third-order valence-corrected chi connectivity index (χ3v) is 3.22. The van der Waals surface area contributed by atoms with E-state index in [1.807, 2.05) is 0 Å². The average molecular weight is 352 g/mol. The molecular weight excluding hydrogens is 339 g/mol. The highest BCUT2D eigenvalue weighted by molar-refractivity contribution is 9.09. The molecule has 0 heterocycles. The third-order valence-electron chi connectivity index (χ3n) is 2.60. The first-order chi connectivity index (χ1) is 9.25. The Hall–Kier alpha value is -1.37. The summed E-state index contributed by atoms with van der Waals surface area (Å²) in [6.07, 6.45) is -5.11. The van der Waals surface area contributed by atoms with Gasteiger partial charge in [-0.2, -0.15) is 13.2 Å². The van der Waals surface area contributed by atoms with Crippen molar-refractivity contribution in [3.8, 4) is 0 Å². The van der Waals surface area contributed by atoms with Gasteiger partial charge in [-0.15, -0.1) is 0 Å². The number of Topliss-reactive ketones (excluding diaryl/α,β-unsaturated/α-hetero) is 1. The highest BCUT2D eigenvalue weighted by Crippen LogP contribution is 2.24. The Balaban J connectivity index is 2.98. The number of anilines is 1. The number of halogens is 4. The van der Waals surface area contributed by atoms with E-state index < -0.39 is 12.1 Å². The second-order valence-electron chi connectivity index (χ2n) is 4.21. The topological polar surface area (TPSA) is 37.4 Å². The number of rotatable bonds is 5. The maximum atomic E-state index is 12.6. The van der Waals surface area contributed by atoms with Crippen molar-refractivity contribution >= 4 is 33.3 Å². The molecule has 0 spiro atoms. The number of hydrogen-bond acceptors (Lipinski definition) is 2. The van der Waals surface area contributed by atoms with Crippen LogP contribution in [0.15, 0.2) is 24.3 Å². The van der Waals surface area contributed by atoms with Gasteiger partial charge >= 0.3 is 12.1 Å². The number of amides is 1. The summed E-state index contributed by atoms with van der Waals surface area (Å²) in [5.41, 5.74) is 0.991. The standard InChI is InChI=1S/C13H13BrF3NO2/c1-9-2-4-10(5-3-9)18(7-6-11(19)8-14)12(20)13(15,16)17/h2-5H,6-8H2,1H3. The van der Waals surface area contributed by atoms with Crippen molar-refractivity contribution < 1.29 is 22.8 Å². The van der Waals surface area contributed by atoms with Crippen molar-refractivity contribution in [3.63, 3.8) is 0 Å². The van der Waals surface area contributed by atoms with Gasteiger partial charge in [-0.3, -0.25) is 9.59 Å². The summed E-state index contributed by atoms with van der Waals surface area (Å²) in [6, 6.07) is 6.08. The van der Waals surface area contributed by atoms with Crippen LogP contribution in [-0.4, -0.2) is 29.7 Å². The van der Waals surface area contributed by atoms with Crippen molar-refractivity contribution in [2.45, 2.75) is 19.5 Å². The Labute approximate surface area is 122 Å². The van der Waals surface area contributed by atoms with Crippen LogP contribution < -0.4 is 4.90 Å². The molecule has 0 fully saturated rings. The second-order valence-corrected chi connectivity index (χ2v) is 4.77. The molecule has 0 radical (unpaired) electrons. The van der Waals surface area contributed by atoms with Gasteiger partial charge in [-0.25, -0.2) is 0 Å². The molecule has 0 aliphatic carbocycles. The minimum Gasteiger partial charge on any atom is -0.304 e. The zero-order chi connectivity index (χ0) is 15.3. The van der Waals surface area contributed by atoms with Gasteiger partial charge in [0.1, 0.15) is 5.78 Å². The number of ketones is 1. The number of alkyl halides is 4. The van der Waals surface area contributed by atoms with Crippen molar-refractivity contribution in [2.24, 2.45) is 0 Å². The highest BCUT2D eigenvalue weighted by Gasteiger charge is 2.43. The van der Waals surface area contributed by atoms with E-state index >= 15 is 0 Å². The van der Waals surface area contributed by atoms with Crippen LogP contribution in [0, 0.1) is 6.92 Å². The maximum Gasteiger partial charge on any atom is 0.471 e. The molecule has 0 bridgehead atoms. The molecule has 7 heteroatoms. The fourth-order valence-corrected chi connectivity index (χ4v) is 1.81. The van der Waals surface area contributed by atoms with E-state index in [0.717, 1.165) is 5.56 Å². The van der Waals surface area contributed by atoms with E-state index in [4.69, 9.17) is 0 Å². The lowest BCUT2D eigenvalue weighted by molar-refractivity contribution is -0.170. The second kappa shape index (κ2) is 6.88. The molecule has 0 atom stereocenters. The van der Waals surface area contributed by atoms with Crippen LogP contribution in [0.3, 0.4) is 0 Å². The van der Waals surface area contributed by atoms with Crippen LogP contribution in [0.5, 0.6) is 0 Å². The summed E-state index contributed by atoms with van der Waals surface area (Å²) < 4.78 is 37.8. The smallest absolute Gasteiger partial charge is 0.304 e. The van der Waals surface area contributed by atoms with E-state index in [-0.39, 0.29) is 29.8 Å². The fraction of sp³-hybridized carbons (Fsp3) is 0.385. The van der Waals surface area contributed by atoms with Crippen molar-refractivity contribution in [2.75, 3.05) is 16.8 Å². The summed E-state index contributed by atoms with van der Waals surface area (Å²) in [5.74, 6) is -2.24. The summed E-state index contributed by atoms with van der Waals surface area (Å²) in [5, 5.41) is 0.0505. The number of benzene rings is 1. The first-order valence-electron chi connectivity index (χ1n) is 5.78. The van der Waals surface area contributed by atoms with Gasteiger partial charge in [0.15, 0.2) is 0 Å². The van der Waals surface area contributed by atoms with Gasteiger partial charge in [-0.05, 0) is 19.1 Å². The highest BCUT2D eigenvalue weighted by atomic mass is 79.9. The first kappa shape index (κ1) is 16.7. The molecule has 0 aromatic heterocycles. The fourth-order valence-electron chi connectivity index (χ4n) is 1.53. The molecule has 0 saturated heterocycles. The van der Waals surface area contributed by atoms with Gasteiger partial charge in [-0.1, -0.05) is 33.6 Å². The molecule has 1 aromatic carbocycles. The molecule has 0 saturated carbocycles. The number of carbonyl (C=O) groups is 2. The minimum atomic E-state index is -4.97. The molecule has 0 aliphatic rings. The normalized spacial score (nSPS) is 11.2. The molecule has 1 aromatic rings. The summed E-state index contributed by atoms with van der Waals surface area (Å²) >= 11 is 2.93. The summed E-state index contributed by atoms with van der Waals surface area (Å²) in [7, 11) is 0. The molecule has 3 nitrogen and oxygen atoms in total. The van der Waals surface area contributed by atoms with E-state index in [0.29, 0.717) is 4.90 Å². The van der Waals surface area contributed by atoms with Crippen molar-refractivity contribution in [3.05, 3.63) is 29.8 Å². The van der Waals surface area contributed by atoms with E-state index in [2.05, 4.69) is 15.9 Å². The lowest BCUT2D eigenvalue weighted by atomic mass is 10.2. The molecular formula is C13H13BrF3NO2. The molecule has 1 amide bonds. The molecule has 0 unspecified atom stereocenters. The number of aryl methyl sites for hydroxylation is 1. The van der Waals surface area contributed by atoms with E-state index in [1.165, 1.54) is 12.1 Å². The van der Waals surface area contributed by atoms with Crippen LogP contribution in [0.1, 0.15) is 12.0 Å². The van der Waals surface area contributed by atoms with Crippen LogP contribution in [0.25, 0.3) is 0 Å². The van der Waals surface area contributed by atoms with Crippen LogP contribution in [-0.2, 0) is 9.59 Å².